The summed E-state index contributed by atoms with van der Waals surface area (Å²) in [6, 6.07) is 8.15. The number of H-pyrrole nitrogens is 1. The highest BCUT2D eigenvalue weighted by atomic mass is 16.3. The van der Waals surface area contributed by atoms with Gasteiger partial charge in [0.05, 0.1) is 6.10 Å². The zero-order valence-electron chi connectivity index (χ0n) is 20.2. The molecule has 7 heteroatoms. The Morgan fingerprint density at radius 2 is 1.89 bits per heavy atom. The van der Waals surface area contributed by atoms with E-state index in [4.69, 9.17) is 0 Å². The maximum absolute atomic E-state index is 13.6. The van der Waals surface area contributed by atoms with Crippen molar-refractivity contribution in [3.63, 3.8) is 0 Å². The van der Waals surface area contributed by atoms with Gasteiger partial charge in [0.2, 0.25) is 0 Å². The lowest BCUT2D eigenvalue weighted by Gasteiger charge is -2.58. The van der Waals surface area contributed by atoms with Crippen LogP contribution in [0.3, 0.4) is 0 Å². The van der Waals surface area contributed by atoms with Crippen molar-refractivity contribution in [2.24, 2.45) is 5.92 Å². The van der Waals surface area contributed by atoms with Gasteiger partial charge in [-0.1, -0.05) is 6.07 Å². The number of aliphatic hydroxyl groups excluding tert-OH is 1. The SMILES string of the molecule is CN1CC[C@]23Cc4[nH]c(=O)c(C(=O)N5[C@@H]6CC[C@H]5CC(O)C6)cc4C[C@H]2[C@H]1Cc1ccc(O)cc13. The summed E-state index contributed by atoms with van der Waals surface area (Å²) >= 11 is 0. The maximum atomic E-state index is 13.6. The number of amides is 1. The molecule has 3 N–H and O–H groups in total. The predicted molar refractivity (Wildman–Crippen MR) is 131 cm³/mol. The van der Waals surface area contributed by atoms with Crippen molar-refractivity contribution < 1.29 is 15.0 Å². The number of hydrogen-bond acceptors (Lipinski definition) is 5. The van der Waals surface area contributed by atoms with E-state index in [0.29, 0.717) is 30.6 Å². The number of benzene rings is 1. The molecule has 2 aromatic rings. The Kier molecular flexibility index (Phi) is 4.59. The number of rotatable bonds is 1. The number of aromatic hydroxyl groups is 1. The summed E-state index contributed by atoms with van der Waals surface area (Å²) in [6.07, 6.45) is 6.18. The summed E-state index contributed by atoms with van der Waals surface area (Å²) in [4.78, 5) is 34.3. The van der Waals surface area contributed by atoms with Crippen molar-refractivity contribution in [2.45, 2.75) is 81.0 Å². The number of nitrogens with zero attached hydrogens (tertiary/aromatic N) is 2. The molecule has 0 spiro atoms. The molecule has 0 radical (unpaired) electrons. The van der Waals surface area contributed by atoms with Crippen molar-refractivity contribution in [2.75, 3.05) is 13.6 Å². The topological polar surface area (TPSA) is 96.9 Å². The van der Waals surface area contributed by atoms with Crippen molar-refractivity contribution in [3.8, 4) is 5.75 Å². The van der Waals surface area contributed by atoms with Crippen LogP contribution in [0.5, 0.6) is 5.75 Å². The van der Waals surface area contributed by atoms with Crippen LogP contribution in [0.4, 0.5) is 0 Å². The lowest BCUT2D eigenvalue weighted by Crippen LogP contribution is -2.61. The molecule has 1 aromatic heterocycles. The summed E-state index contributed by atoms with van der Waals surface area (Å²) in [5, 5.41) is 20.5. The van der Waals surface area contributed by atoms with Crippen LogP contribution in [0.25, 0.3) is 0 Å². The molecule has 5 aliphatic rings. The Morgan fingerprint density at radius 1 is 1.11 bits per heavy atom. The third kappa shape index (κ3) is 3.04. The maximum Gasteiger partial charge on any atom is 0.261 e. The molecular formula is C28H33N3O4. The van der Waals surface area contributed by atoms with E-state index in [-0.39, 0.29) is 40.6 Å². The number of likely N-dealkylation sites (tertiary alicyclic amines) is 1. The van der Waals surface area contributed by atoms with E-state index in [9.17, 15) is 19.8 Å². The normalized spacial score (nSPS) is 35.3. The third-order valence-electron chi connectivity index (χ3n) is 10.0. The molecule has 4 heterocycles. The fraction of sp³-hybridized carbons (Fsp3) is 0.571. The minimum atomic E-state index is -0.348. The van der Waals surface area contributed by atoms with E-state index < -0.39 is 0 Å². The van der Waals surface area contributed by atoms with E-state index in [1.807, 2.05) is 17.0 Å². The van der Waals surface area contributed by atoms with Crippen LogP contribution in [0.15, 0.2) is 29.1 Å². The van der Waals surface area contributed by atoms with E-state index in [0.717, 1.165) is 56.3 Å². The van der Waals surface area contributed by atoms with E-state index in [1.165, 1.54) is 11.1 Å². The summed E-state index contributed by atoms with van der Waals surface area (Å²) < 4.78 is 0. The molecule has 1 amide bonds. The first-order valence-corrected chi connectivity index (χ1v) is 13.1. The number of likely N-dealkylation sites (N-methyl/N-ethyl adjacent to an activating group) is 1. The van der Waals surface area contributed by atoms with Gasteiger partial charge in [-0.25, -0.2) is 0 Å². The smallest absolute Gasteiger partial charge is 0.261 e. The molecule has 7 nitrogen and oxygen atoms in total. The largest absolute Gasteiger partial charge is 0.508 e. The Bertz CT molecular complexity index is 1270. The zero-order valence-corrected chi connectivity index (χ0v) is 20.2. The first kappa shape index (κ1) is 21.6. The van der Waals surface area contributed by atoms with Crippen molar-refractivity contribution in [3.05, 3.63) is 62.6 Å². The van der Waals surface area contributed by atoms with Crippen LogP contribution < -0.4 is 5.56 Å². The second-order valence-corrected chi connectivity index (χ2v) is 11.7. The Labute approximate surface area is 204 Å². The van der Waals surface area contributed by atoms with Gasteiger partial charge in [-0.2, -0.15) is 0 Å². The number of hydrogen-bond donors (Lipinski definition) is 3. The number of aromatic amines is 1. The number of fused-ring (bicyclic) bond motifs is 4. The van der Waals surface area contributed by atoms with E-state index >= 15 is 0 Å². The highest BCUT2D eigenvalue weighted by molar-refractivity contribution is 5.95. The summed E-state index contributed by atoms with van der Waals surface area (Å²) in [7, 11) is 2.21. The minimum absolute atomic E-state index is 0.0329. The van der Waals surface area contributed by atoms with E-state index in [1.54, 1.807) is 6.07 Å². The van der Waals surface area contributed by atoms with Crippen LogP contribution in [0.2, 0.25) is 0 Å². The average Bonchev–Trinajstić information content (AvgIpc) is 3.10. The van der Waals surface area contributed by atoms with Crippen LogP contribution in [0.1, 0.15) is 64.8 Å². The third-order valence-corrected chi connectivity index (χ3v) is 10.0. The Morgan fingerprint density at radius 3 is 2.66 bits per heavy atom. The fourth-order valence-electron chi connectivity index (χ4n) is 8.39. The van der Waals surface area contributed by atoms with Gasteiger partial charge in [0, 0.05) is 29.2 Å². The number of phenolic OH excluding ortho intramolecular Hbond substituents is 1. The zero-order chi connectivity index (χ0) is 24.1. The van der Waals surface area contributed by atoms with Gasteiger partial charge in [-0.15, -0.1) is 0 Å². The molecule has 7 rings (SSSR count). The molecule has 4 bridgehead atoms. The van der Waals surface area contributed by atoms with Gasteiger partial charge in [-0.3, -0.25) is 9.59 Å². The van der Waals surface area contributed by atoms with Crippen LogP contribution >= 0.6 is 0 Å². The summed E-state index contributed by atoms with van der Waals surface area (Å²) in [5.74, 6) is 0.499. The minimum Gasteiger partial charge on any atom is -0.508 e. The van der Waals surface area contributed by atoms with Crippen molar-refractivity contribution in [1.82, 2.24) is 14.8 Å². The standard InChI is InChI=1S/C28H33N3O4/c1-30-7-6-28-14-24-16(9-23(28)25(30)10-15-2-5-19(32)13-22(15)28)8-21(26(34)29-24)27(35)31-17-3-4-18(31)12-20(33)11-17/h2,5,8,13,17-18,20,23,25,32-33H,3-4,6-7,9-12,14H2,1H3,(H,29,34)/t17-,18+,20?,23-,25+,28+/m0/s1. The summed E-state index contributed by atoms with van der Waals surface area (Å²) in [5.41, 5.74) is 4.41. The fourth-order valence-corrected chi connectivity index (χ4v) is 8.39. The number of carbonyl (C=O) groups excluding carboxylic acids is 1. The van der Waals surface area contributed by atoms with Crippen molar-refractivity contribution >= 4 is 5.91 Å². The second kappa shape index (κ2) is 7.43. The molecule has 1 unspecified atom stereocenters. The van der Waals surface area contributed by atoms with Gasteiger partial charge < -0.3 is 25.0 Å². The number of carbonyl (C=O) groups is 1. The van der Waals surface area contributed by atoms with Crippen LogP contribution in [-0.2, 0) is 24.7 Å². The highest BCUT2D eigenvalue weighted by Gasteiger charge is 2.55. The summed E-state index contributed by atoms with van der Waals surface area (Å²) in [6.45, 7) is 0.996. The van der Waals surface area contributed by atoms with Gasteiger partial charge in [0.1, 0.15) is 11.3 Å². The van der Waals surface area contributed by atoms with Crippen LogP contribution in [0, 0.1) is 5.92 Å². The molecule has 3 saturated heterocycles. The monoisotopic (exact) mass is 475 g/mol. The second-order valence-electron chi connectivity index (χ2n) is 11.7. The first-order chi connectivity index (χ1) is 16.8. The molecule has 184 valence electrons. The molecule has 3 aliphatic heterocycles. The number of phenols is 1. The molecule has 0 saturated carbocycles. The number of aliphatic hydroxyl groups is 1. The molecule has 2 aliphatic carbocycles. The Balaban J connectivity index is 1.29. The molecule has 1 aromatic carbocycles. The molecular weight excluding hydrogens is 442 g/mol. The van der Waals surface area contributed by atoms with Gasteiger partial charge in [0.25, 0.3) is 11.5 Å². The van der Waals surface area contributed by atoms with Gasteiger partial charge in [0.15, 0.2) is 0 Å². The molecule has 3 fully saturated rings. The lowest BCUT2D eigenvalue weighted by molar-refractivity contribution is 0.0231. The quantitative estimate of drug-likeness (QED) is 0.587. The number of nitrogens with one attached hydrogen (secondary N) is 1. The first-order valence-electron chi connectivity index (χ1n) is 13.1. The average molecular weight is 476 g/mol. The Hall–Kier alpha value is -2.64. The number of pyridine rings is 1. The van der Waals surface area contributed by atoms with Gasteiger partial charge in [-0.05, 0) is 106 Å². The lowest BCUT2D eigenvalue weighted by atomic mass is 9.52. The molecule has 35 heavy (non-hydrogen) atoms. The molecule has 6 atom stereocenters. The number of aromatic nitrogens is 1. The van der Waals surface area contributed by atoms with Gasteiger partial charge >= 0.3 is 0 Å². The van der Waals surface area contributed by atoms with E-state index in [2.05, 4.69) is 23.0 Å². The highest BCUT2D eigenvalue weighted by Crippen LogP contribution is 2.54. The van der Waals surface area contributed by atoms with Crippen LogP contribution in [-0.4, -0.2) is 68.7 Å². The van der Waals surface area contributed by atoms with Crippen molar-refractivity contribution in [1.29, 1.82) is 0 Å². The predicted octanol–water partition coefficient (Wildman–Crippen LogP) is 2.12. The number of piperidine rings is 2.